The molecule has 4 heteroatoms. The highest BCUT2D eigenvalue weighted by Crippen LogP contribution is 2.10. The number of aromatic amines is 1. The molecule has 0 spiro atoms. The Balaban J connectivity index is 2.58. The van der Waals surface area contributed by atoms with Crippen molar-refractivity contribution in [1.29, 1.82) is 0 Å². The number of H-pyrrole nitrogens is 1. The minimum absolute atomic E-state index is 0.0154. The first kappa shape index (κ1) is 10.8. The molecule has 84 valence electrons. The van der Waals surface area contributed by atoms with Crippen LogP contribution in [0.1, 0.15) is 18.1 Å². The van der Waals surface area contributed by atoms with Crippen molar-refractivity contribution in [3.63, 3.8) is 0 Å². The van der Waals surface area contributed by atoms with Crippen molar-refractivity contribution in [2.75, 3.05) is 7.05 Å². The first-order valence-corrected chi connectivity index (χ1v) is 5.40. The zero-order chi connectivity index (χ0) is 11.5. The van der Waals surface area contributed by atoms with Crippen LogP contribution < -0.4 is 10.9 Å². The van der Waals surface area contributed by atoms with E-state index in [2.05, 4.69) is 15.3 Å². The van der Waals surface area contributed by atoms with Crippen LogP contribution >= 0.6 is 0 Å². The summed E-state index contributed by atoms with van der Waals surface area (Å²) in [5.74, 6) is 0. The molecule has 0 aliphatic rings. The Morgan fingerprint density at radius 3 is 2.94 bits per heavy atom. The zero-order valence-corrected chi connectivity index (χ0v) is 9.50. The van der Waals surface area contributed by atoms with Gasteiger partial charge < -0.3 is 10.3 Å². The molecule has 0 radical (unpaired) electrons. The van der Waals surface area contributed by atoms with Crippen molar-refractivity contribution in [3.8, 4) is 0 Å². The van der Waals surface area contributed by atoms with Gasteiger partial charge in [-0.25, -0.2) is 0 Å². The van der Waals surface area contributed by atoms with Crippen molar-refractivity contribution in [2.45, 2.75) is 19.9 Å². The number of hydrogen-bond acceptors (Lipinski definition) is 3. The van der Waals surface area contributed by atoms with E-state index in [1.807, 2.05) is 32.3 Å². The molecule has 2 aromatic heterocycles. The summed E-state index contributed by atoms with van der Waals surface area (Å²) < 4.78 is 0. The molecule has 0 aliphatic carbocycles. The van der Waals surface area contributed by atoms with E-state index >= 15 is 0 Å². The molecule has 2 aromatic rings. The Labute approximate surface area is 93.7 Å². The van der Waals surface area contributed by atoms with Crippen molar-refractivity contribution in [1.82, 2.24) is 15.3 Å². The lowest BCUT2D eigenvalue weighted by Crippen LogP contribution is -2.12. The Hall–Kier alpha value is -1.68. The Morgan fingerprint density at radius 2 is 2.25 bits per heavy atom. The molecule has 0 aromatic carbocycles. The Kier molecular flexibility index (Phi) is 3.01. The van der Waals surface area contributed by atoms with Gasteiger partial charge in [0, 0.05) is 18.3 Å². The summed E-state index contributed by atoms with van der Waals surface area (Å²) in [7, 11) is 1.88. The number of aryl methyl sites for hydroxylation is 1. The highest BCUT2D eigenvalue weighted by Gasteiger charge is 2.02. The fourth-order valence-corrected chi connectivity index (χ4v) is 1.73. The van der Waals surface area contributed by atoms with E-state index in [0.29, 0.717) is 0 Å². The third kappa shape index (κ3) is 1.97. The van der Waals surface area contributed by atoms with E-state index in [9.17, 15) is 4.79 Å². The maximum absolute atomic E-state index is 11.6. The summed E-state index contributed by atoms with van der Waals surface area (Å²) in [5, 5.41) is 3.05. The second-order valence-corrected chi connectivity index (χ2v) is 3.78. The van der Waals surface area contributed by atoms with Gasteiger partial charge in [0.25, 0.3) is 5.56 Å². The monoisotopic (exact) mass is 217 g/mol. The number of aromatic nitrogens is 2. The van der Waals surface area contributed by atoms with Gasteiger partial charge in [-0.15, -0.1) is 0 Å². The van der Waals surface area contributed by atoms with Crippen LogP contribution in [0.25, 0.3) is 11.0 Å². The molecule has 0 saturated carbocycles. The smallest absolute Gasteiger partial charge is 0.251 e. The lowest BCUT2D eigenvalue weighted by Gasteiger charge is -2.03. The minimum Gasteiger partial charge on any atom is -0.320 e. The number of fused-ring (bicyclic) bond motifs is 1. The van der Waals surface area contributed by atoms with Crippen LogP contribution in [-0.2, 0) is 13.0 Å². The van der Waals surface area contributed by atoms with Gasteiger partial charge in [-0.3, -0.25) is 9.78 Å². The molecule has 2 N–H and O–H groups in total. The molecule has 0 fully saturated rings. The topological polar surface area (TPSA) is 57.8 Å². The summed E-state index contributed by atoms with van der Waals surface area (Å²) in [4.78, 5) is 18.8. The van der Waals surface area contributed by atoms with Crippen LogP contribution in [0.5, 0.6) is 0 Å². The lowest BCUT2D eigenvalue weighted by molar-refractivity contribution is 0.815. The molecule has 0 aliphatic heterocycles. The molecule has 2 rings (SSSR count). The molecule has 0 bridgehead atoms. The third-order valence-electron chi connectivity index (χ3n) is 2.59. The maximum Gasteiger partial charge on any atom is 0.251 e. The average molecular weight is 217 g/mol. The molecule has 0 amide bonds. The van der Waals surface area contributed by atoms with Gasteiger partial charge in [0.2, 0.25) is 0 Å². The van der Waals surface area contributed by atoms with Crippen LogP contribution in [0.4, 0.5) is 0 Å². The van der Waals surface area contributed by atoms with Gasteiger partial charge in [0.05, 0.1) is 11.0 Å². The number of hydrogen-bond donors (Lipinski definition) is 2. The molecular formula is C12H15N3O. The summed E-state index contributed by atoms with van der Waals surface area (Å²) in [6.45, 7) is 2.71. The highest BCUT2D eigenvalue weighted by molar-refractivity contribution is 5.74. The summed E-state index contributed by atoms with van der Waals surface area (Å²) in [5.41, 5.74) is 3.47. The molecule has 0 unspecified atom stereocenters. The fourth-order valence-electron chi connectivity index (χ4n) is 1.73. The largest absolute Gasteiger partial charge is 0.320 e. The lowest BCUT2D eigenvalue weighted by atomic mass is 10.1. The quantitative estimate of drug-likeness (QED) is 0.812. The van der Waals surface area contributed by atoms with Gasteiger partial charge in [0.15, 0.2) is 0 Å². The second kappa shape index (κ2) is 4.45. The van der Waals surface area contributed by atoms with Gasteiger partial charge in [-0.1, -0.05) is 6.92 Å². The van der Waals surface area contributed by atoms with E-state index in [1.165, 1.54) is 0 Å². The molecule has 2 heterocycles. The van der Waals surface area contributed by atoms with Crippen LogP contribution in [-0.4, -0.2) is 17.0 Å². The third-order valence-corrected chi connectivity index (χ3v) is 2.59. The predicted octanol–water partition coefficient (Wildman–Crippen LogP) is 1.20. The van der Waals surface area contributed by atoms with Crippen LogP contribution in [0.15, 0.2) is 23.1 Å². The van der Waals surface area contributed by atoms with E-state index in [1.54, 1.807) is 0 Å². The van der Waals surface area contributed by atoms with Crippen LogP contribution in [0, 0.1) is 0 Å². The maximum atomic E-state index is 11.6. The SMILES string of the molecule is CCc1cc2ncc(CNC)cc2[nH]c1=O. The normalized spacial score (nSPS) is 10.9. The van der Waals surface area contributed by atoms with Crippen molar-refractivity contribution in [2.24, 2.45) is 0 Å². The van der Waals surface area contributed by atoms with Crippen molar-refractivity contribution in [3.05, 3.63) is 39.8 Å². The summed E-state index contributed by atoms with van der Waals surface area (Å²) >= 11 is 0. The van der Waals surface area contributed by atoms with Gasteiger partial charge >= 0.3 is 0 Å². The van der Waals surface area contributed by atoms with Crippen molar-refractivity contribution < 1.29 is 0 Å². The molecule has 0 atom stereocenters. The molecule has 4 nitrogen and oxygen atoms in total. The minimum atomic E-state index is -0.0154. The Morgan fingerprint density at radius 1 is 1.44 bits per heavy atom. The van der Waals surface area contributed by atoms with E-state index in [0.717, 1.165) is 35.1 Å². The summed E-state index contributed by atoms with van der Waals surface area (Å²) in [6.07, 6.45) is 2.56. The van der Waals surface area contributed by atoms with E-state index in [-0.39, 0.29) is 5.56 Å². The van der Waals surface area contributed by atoms with E-state index < -0.39 is 0 Å². The number of rotatable bonds is 3. The van der Waals surface area contributed by atoms with E-state index in [4.69, 9.17) is 0 Å². The first-order chi connectivity index (χ1) is 7.74. The highest BCUT2D eigenvalue weighted by atomic mass is 16.1. The standard InChI is InChI=1S/C12H15N3O/c1-3-9-5-10-11(15-12(9)16)4-8(6-13-2)7-14-10/h4-5,7,13H,3,6H2,1-2H3,(H,15,16). The van der Waals surface area contributed by atoms with Gasteiger partial charge in [-0.05, 0) is 31.2 Å². The van der Waals surface area contributed by atoms with Crippen LogP contribution in [0.3, 0.4) is 0 Å². The zero-order valence-electron chi connectivity index (χ0n) is 9.50. The number of nitrogens with zero attached hydrogens (tertiary/aromatic N) is 1. The number of pyridine rings is 2. The average Bonchev–Trinajstić information content (AvgIpc) is 2.28. The van der Waals surface area contributed by atoms with Crippen molar-refractivity contribution >= 4 is 11.0 Å². The Bertz CT molecular complexity index is 560. The summed E-state index contributed by atoms with van der Waals surface area (Å²) in [6, 6.07) is 3.82. The molecule has 16 heavy (non-hydrogen) atoms. The van der Waals surface area contributed by atoms with Gasteiger partial charge in [-0.2, -0.15) is 0 Å². The molecule has 0 saturated heterocycles. The fraction of sp³-hybridized carbons (Fsp3) is 0.333. The second-order valence-electron chi connectivity index (χ2n) is 3.78. The number of nitrogens with one attached hydrogen (secondary N) is 2. The predicted molar refractivity (Wildman–Crippen MR) is 64.5 cm³/mol. The first-order valence-electron chi connectivity index (χ1n) is 5.40. The van der Waals surface area contributed by atoms with Crippen LogP contribution in [0.2, 0.25) is 0 Å². The molecular weight excluding hydrogens is 202 g/mol. The van der Waals surface area contributed by atoms with Gasteiger partial charge in [0.1, 0.15) is 0 Å².